The van der Waals surface area contributed by atoms with Gasteiger partial charge in [-0.05, 0) is 31.5 Å². The van der Waals surface area contributed by atoms with E-state index in [2.05, 4.69) is 15.4 Å². The Balaban J connectivity index is 1.43. The van der Waals surface area contributed by atoms with Crippen LogP contribution in [0.25, 0.3) is 5.82 Å². The van der Waals surface area contributed by atoms with Crippen molar-refractivity contribution in [3.05, 3.63) is 71.5 Å². The Bertz CT molecular complexity index is 1190. The molecule has 1 fully saturated rings. The minimum atomic E-state index is -0.906. The zero-order chi connectivity index (χ0) is 21.5. The van der Waals surface area contributed by atoms with Crippen molar-refractivity contribution >= 4 is 23.6 Å². The van der Waals surface area contributed by atoms with E-state index >= 15 is 0 Å². The number of pyridine rings is 1. The first kappa shape index (κ1) is 19.0. The molecule has 2 aliphatic rings. The number of hydrogen-bond donors (Lipinski definition) is 1. The minimum absolute atomic E-state index is 0.201. The van der Waals surface area contributed by atoms with Crippen LogP contribution in [0, 0.1) is 6.92 Å². The molecular weight excluding hydrogens is 398 g/mol. The van der Waals surface area contributed by atoms with Crippen molar-refractivity contribution in [2.75, 3.05) is 5.32 Å². The van der Waals surface area contributed by atoms with Gasteiger partial charge < -0.3 is 10.1 Å². The molecule has 4 heterocycles. The molecule has 1 saturated heterocycles. The summed E-state index contributed by atoms with van der Waals surface area (Å²) >= 11 is 0. The molecule has 1 N–H and O–H groups in total. The fourth-order valence-electron chi connectivity index (χ4n) is 4.04. The number of cyclic esters (lactones) is 1. The second kappa shape index (κ2) is 7.35. The van der Waals surface area contributed by atoms with Crippen LogP contribution in [0.3, 0.4) is 0 Å². The Morgan fingerprint density at radius 2 is 1.97 bits per heavy atom. The van der Waals surface area contributed by atoms with Crippen LogP contribution in [0.5, 0.6) is 0 Å². The summed E-state index contributed by atoms with van der Waals surface area (Å²) in [4.78, 5) is 43.8. The molecule has 2 aromatic heterocycles. The van der Waals surface area contributed by atoms with Gasteiger partial charge in [0.05, 0.1) is 11.3 Å². The highest BCUT2D eigenvalue weighted by molar-refractivity contribution is 6.00. The number of ether oxygens (including phenoxy) is 1. The van der Waals surface area contributed by atoms with Gasteiger partial charge in [0.2, 0.25) is 18.0 Å². The van der Waals surface area contributed by atoms with E-state index in [0.29, 0.717) is 34.9 Å². The summed E-state index contributed by atoms with van der Waals surface area (Å²) in [5.74, 6) is -0.0936. The van der Waals surface area contributed by atoms with Crippen LogP contribution in [0.4, 0.5) is 5.82 Å². The normalized spacial score (nSPS) is 20.0. The van der Waals surface area contributed by atoms with Gasteiger partial charge in [0.25, 0.3) is 0 Å². The lowest BCUT2D eigenvalue weighted by Crippen LogP contribution is -2.44. The Hall–Kier alpha value is -4.01. The van der Waals surface area contributed by atoms with E-state index in [1.54, 1.807) is 53.3 Å². The zero-order valence-electron chi connectivity index (χ0n) is 16.7. The number of aryl methyl sites for hydroxylation is 1. The maximum absolute atomic E-state index is 13.2. The number of carbonyl (C=O) groups is 3. The standard InChI is InChI=1S/C22H19N5O4/c1-13-12-18(27(25-13)17-8-4-5-11-23-17)24-20(29)16-9-10-19(28)26(16)21-14-6-2-3-7-15(14)22(30)31-21/h2-8,11-12,16,21H,9-10H2,1H3,(H,24,29). The van der Waals surface area contributed by atoms with Gasteiger partial charge >= 0.3 is 5.97 Å². The molecule has 1 aromatic carbocycles. The van der Waals surface area contributed by atoms with Crippen LogP contribution in [-0.4, -0.2) is 43.5 Å². The molecule has 0 bridgehead atoms. The van der Waals surface area contributed by atoms with Crippen molar-refractivity contribution in [2.45, 2.75) is 32.0 Å². The Morgan fingerprint density at radius 1 is 1.16 bits per heavy atom. The number of rotatable bonds is 4. The molecule has 5 rings (SSSR count). The molecule has 2 amide bonds. The maximum Gasteiger partial charge on any atom is 0.340 e. The van der Waals surface area contributed by atoms with Crippen LogP contribution >= 0.6 is 0 Å². The number of likely N-dealkylation sites (tertiary alicyclic amines) is 1. The fraction of sp³-hybridized carbons (Fsp3) is 0.227. The number of amides is 2. The second-order valence-electron chi connectivity index (χ2n) is 7.46. The quantitative estimate of drug-likeness (QED) is 0.654. The average molecular weight is 417 g/mol. The molecule has 0 saturated carbocycles. The molecule has 0 aliphatic carbocycles. The summed E-state index contributed by atoms with van der Waals surface area (Å²) < 4.78 is 7.01. The maximum atomic E-state index is 13.2. The van der Waals surface area contributed by atoms with Crippen LogP contribution in [0.2, 0.25) is 0 Å². The van der Waals surface area contributed by atoms with Gasteiger partial charge in [0, 0.05) is 24.2 Å². The molecule has 31 heavy (non-hydrogen) atoms. The number of anilines is 1. The minimum Gasteiger partial charge on any atom is -0.433 e. The van der Waals surface area contributed by atoms with Gasteiger partial charge in [0.1, 0.15) is 11.9 Å². The highest BCUT2D eigenvalue weighted by Gasteiger charge is 2.46. The molecule has 2 aliphatic heterocycles. The zero-order valence-corrected chi connectivity index (χ0v) is 16.7. The third-order valence-corrected chi connectivity index (χ3v) is 5.43. The molecule has 0 spiro atoms. The number of fused-ring (bicyclic) bond motifs is 1. The van der Waals surface area contributed by atoms with Crippen molar-refractivity contribution in [2.24, 2.45) is 0 Å². The topological polar surface area (TPSA) is 106 Å². The van der Waals surface area contributed by atoms with E-state index in [9.17, 15) is 14.4 Å². The summed E-state index contributed by atoms with van der Waals surface area (Å²) in [6, 6.07) is 13.3. The monoisotopic (exact) mass is 417 g/mol. The smallest absolute Gasteiger partial charge is 0.340 e. The number of benzene rings is 1. The molecule has 2 atom stereocenters. The van der Waals surface area contributed by atoms with Crippen molar-refractivity contribution in [3.63, 3.8) is 0 Å². The van der Waals surface area contributed by atoms with Gasteiger partial charge in [-0.1, -0.05) is 24.3 Å². The summed E-state index contributed by atoms with van der Waals surface area (Å²) in [7, 11) is 0. The van der Waals surface area contributed by atoms with E-state index in [1.807, 2.05) is 13.0 Å². The molecule has 156 valence electrons. The number of nitrogens with one attached hydrogen (secondary N) is 1. The third kappa shape index (κ3) is 3.24. The number of nitrogens with zero attached hydrogens (tertiary/aromatic N) is 4. The van der Waals surface area contributed by atoms with Crippen molar-refractivity contribution in [1.29, 1.82) is 0 Å². The summed E-state index contributed by atoms with van der Waals surface area (Å²) in [6.45, 7) is 1.81. The second-order valence-corrected chi connectivity index (χ2v) is 7.46. The van der Waals surface area contributed by atoms with Gasteiger partial charge in [-0.25, -0.2) is 9.78 Å². The molecule has 2 unspecified atom stereocenters. The lowest BCUT2D eigenvalue weighted by Gasteiger charge is -2.29. The van der Waals surface area contributed by atoms with Crippen molar-refractivity contribution in [3.8, 4) is 5.82 Å². The molecule has 3 aromatic rings. The van der Waals surface area contributed by atoms with Crippen LogP contribution < -0.4 is 5.32 Å². The van der Waals surface area contributed by atoms with E-state index < -0.39 is 18.2 Å². The summed E-state index contributed by atoms with van der Waals surface area (Å²) in [6.07, 6.45) is 1.27. The van der Waals surface area contributed by atoms with Crippen LogP contribution in [-0.2, 0) is 14.3 Å². The first-order chi connectivity index (χ1) is 15.0. The molecular formula is C22H19N5O4. The van der Waals surface area contributed by atoms with Gasteiger partial charge in [-0.2, -0.15) is 9.78 Å². The molecule has 9 heteroatoms. The van der Waals surface area contributed by atoms with Gasteiger partial charge in [-0.15, -0.1) is 0 Å². The Kier molecular flexibility index (Phi) is 4.50. The first-order valence-electron chi connectivity index (χ1n) is 9.93. The first-order valence-corrected chi connectivity index (χ1v) is 9.93. The summed E-state index contributed by atoms with van der Waals surface area (Å²) in [5, 5.41) is 7.27. The highest BCUT2D eigenvalue weighted by Crippen LogP contribution is 2.38. The predicted molar refractivity (Wildman–Crippen MR) is 109 cm³/mol. The van der Waals surface area contributed by atoms with Crippen LogP contribution in [0.15, 0.2) is 54.7 Å². The Labute approximate surface area is 177 Å². The third-order valence-electron chi connectivity index (χ3n) is 5.43. The van der Waals surface area contributed by atoms with Crippen molar-refractivity contribution in [1.82, 2.24) is 19.7 Å². The lowest BCUT2D eigenvalue weighted by atomic mass is 10.1. The number of esters is 1. The highest BCUT2D eigenvalue weighted by atomic mass is 16.6. The van der Waals surface area contributed by atoms with E-state index in [-0.39, 0.29) is 18.2 Å². The lowest BCUT2D eigenvalue weighted by molar-refractivity contribution is -0.144. The van der Waals surface area contributed by atoms with E-state index in [4.69, 9.17) is 4.74 Å². The SMILES string of the molecule is Cc1cc(NC(=O)C2CCC(=O)N2C2OC(=O)c3ccccc32)n(-c2ccccn2)n1. The van der Waals surface area contributed by atoms with Crippen LogP contribution in [0.1, 0.15) is 40.7 Å². The number of aromatic nitrogens is 3. The average Bonchev–Trinajstić information content (AvgIpc) is 3.44. The molecule has 9 nitrogen and oxygen atoms in total. The largest absolute Gasteiger partial charge is 0.433 e. The number of carbonyl (C=O) groups excluding carboxylic acids is 3. The Morgan fingerprint density at radius 3 is 2.77 bits per heavy atom. The predicted octanol–water partition coefficient (Wildman–Crippen LogP) is 2.37. The van der Waals surface area contributed by atoms with Crippen molar-refractivity contribution < 1.29 is 19.1 Å². The fourth-order valence-corrected chi connectivity index (χ4v) is 4.04. The number of hydrogen-bond acceptors (Lipinski definition) is 6. The summed E-state index contributed by atoms with van der Waals surface area (Å²) in [5.41, 5.74) is 1.71. The van der Waals surface area contributed by atoms with E-state index in [0.717, 1.165) is 0 Å². The van der Waals surface area contributed by atoms with Gasteiger partial charge in [-0.3, -0.25) is 14.5 Å². The molecule has 0 radical (unpaired) electrons. The van der Waals surface area contributed by atoms with E-state index in [1.165, 1.54) is 4.90 Å². The van der Waals surface area contributed by atoms with Gasteiger partial charge in [0.15, 0.2) is 5.82 Å².